The Labute approximate surface area is 317 Å². The van der Waals surface area contributed by atoms with E-state index in [0.29, 0.717) is 0 Å². The van der Waals surface area contributed by atoms with Crippen molar-refractivity contribution in [3.05, 3.63) is 198 Å². The molecule has 0 radical (unpaired) electrons. The maximum Gasteiger partial charge on any atom is 0.0464 e. The summed E-state index contributed by atoms with van der Waals surface area (Å²) < 4.78 is 0. The Bertz CT molecular complexity index is 2880. The van der Waals surface area contributed by atoms with E-state index in [9.17, 15) is 0 Å². The van der Waals surface area contributed by atoms with Crippen molar-refractivity contribution in [1.82, 2.24) is 0 Å². The highest BCUT2D eigenvalue weighted by Gasteiger charge is 2.35. The topological polar surface area (TPSA) is 3.24 Å². The van der Waals surface area contributed by atoms with Crippen molar-refractivity contribution in [2.45, 2.75) is 33.1 Å². The monoisotopic (exact) mass is 691 g/mol. The highest BCUT2D eigenvalue weighted by atomic mass is 15.1. The molecule has 1 nitrogen and oxygen atoms in total. The molecule has 9 aromatic rings. The van der Waals surface area contributed by atoms with Gasteiger partial charge in [-0.15, -0.1) is 0 Å². The lowest BCUT2D eigenvalue weighted by Crippen LogP contribution is -2.14. The van der Waals surface area contributed by atoms with E-state index in [1.165, 1.54) is 88.0 Å². The van der Waals surface area contributed by atoms with Crippen LogP contribution in [0.1, 0.15) is 36.1 Å². The minimum Gasteiger partial charge on any atom is -0.310 e. The zero-order valence-electron chi connectivity index (χ0n) is 31.2. The van der Waals surface area contributed by atoms with Gasteiger partial charge in [0.1, 0.15) is 0 Å². The highest BCUT2D eigenvalue weighted by Crippen LogP contribution is 2.51. The summed E-state index contributed by atoms with van der Waals surface area (Å²) in [6, 6.07) is 65.5. The molecule has 0 saturated heterocycles. The molecule has 9 aromatic carbocycles. The molecule has 258 valence electrons. The van der Waals surface area contributed by atoms with Crippen LogP contribution in [-0.2, 0) is 5.41 Å². The average molecular weight is 692 g/mol. The fourth-order valence-electron chi connectivity index (χ4n) is 9.10. The molecule has 0 aromatic heterocycles. The van der Waals surface area contributed by atoms with E-state index in [2.05, 4.69) is 209 Å². The van der Waals surface area contributed by atoms with Crippen molar-refractivity contribution in [1.29, 1.82) is 0 Å². The molecule has 0 unspecified atom stereocenters. The Morgan fingerprint density at radius 2 is 0.889 bits per heavy atom. The minimum absolute atomic E-state index is 0.0767. The summed E-state index contributed by atoms with van der Waals surface area (Å²) in [5.74, 6) is 0. The number of anilines is 3. The van der Waals surface area contributed by atoms with Crippen molar-refractivity contribution < 1.29 is 0 Å². The van der Waals surface area contributed by atoms with Crippen LogP contribution in [0.3, 0.4) is 0 Å². The lowest BCUT2D eigenvalue weighted by atomic mass is 9.80. The van der Waals surface area contributed by atoms with Gasteiger partial charge in [-0.2, -0.15) is 0 Å². The molecule has 10 rings (SSSR count). The van der Waals surface area contributed by atoms with Crippen LogP contribution in [0, 0.1) is 13.8 Å². The van der Waals surface area contributed by atoms with Gasteiger partial charge in [0.25, 0.3) is 0 Å². The highest BCUT2D eigenvalue weighted by molar-refractivity contribution is 6.23. The predicted molar refractivity (Wildman–Crippen MR) is 232 cm³/mol. The number of fused-ring (bicyclic) bond motifs is 6. The number of hydrogen-bond donors (Lipinski definition) is 0. The van der Waals surface area contributed by atoms with Gasteiger partial charge in [-0.3, -0.25) is 0 Å². The Kier molecular flexibility index (Phi) is 7.35. The van der Waals surface area contributed by atoms with Crippen LogP contribution < -0.4 is 4.90 Å². The van der Waals surface area contributed by atoms with Crippen LogP contribution in [0.2, 0.25) is 0 Å². The maximum absolute atomic E-state index is 2.48. The first-order valence-electron chi connectivity index (χ1n) is 19.0. The second-order valence-electron chi connectivity index (χ2n) is 15.5. The largest absolute Gasteiger partial charge is 0.310 e. The molecule has 0 aliphatic heterocycles. The van der Waals surface area contributed by atoms with Gasteiger partial charge in [0.2, 0.25) is 0 Å². The maximum atomic E-state index is 2.48. The third-order valence-electron chi connectivity index (χ3n) is 11.7. The molecule has 0 amide bonds. The summed E-state index contributed by atoms with van der Waals surface area (Å²) in [5.41, 5.74) is 16.4. The summed E-state index contributed by atoms with van der Waals surface area (Å²) in [7, 11) is 0. The first kappa shape index (κ1) is 32.2. The van der Waals surface area contributed by atoms with Crippen molar-refractivity contribution >= 4 is 49.4 Å². The van der Waals surface area contributed by atoms with Crippen LogP contribution in [0.5, 0.6) is 0 Å². The average Bonchev–Trinajstić information content (AvgIpc) is 3.42. The quantitative estimate of drug-likeness (QED) is 0.162. The van der Waals surface area contributed by atoms with E-state index in [-0.39, 0.29) is 5.41 Å². The molecule has 1 heteroatoms. The molecule has 0 bridgehead atoms. The van der Waals surface area contributed by atoms with Gasteiger partial charge in [0, 0.05) is 22.5 Å². The normalized spacial score (nSPS) is 13.0. The lowest BCUT2D eigenvalue weighted by molar-refractivity contribution is 0.660. The van der Waals surface area contributed by atoms with Crippen molar-refractivity contribution in [2.24, 2.45) is 0 Å². The SMILES string of the molecule is Cc1cccc(N(c2ccc(-c3c4ccccc4c(-c4ccc5c(c4)C(C)(C)c4ccccc4-5)c4cc5ccccc5cc34)cc2)c2cccc(C)c2)c1. The number of nitrogens with zero attached hydrogens (tertiary/aromatic N) is 1. The van der Waals surface area contributed by atoms with Gasteiger partial charge in [-0.25, -0.2) is 0 Å². The Balaban J connectivity index is 1.20. The number of hydrogen-bond acceptors (Lipinski definition) is 1. The fraction of sp³-hybridized carbons (Fsp3) is 0.0943. The smallest absolute Gasteiger partial charge is 0.0464 e. The van der Waals surface area contributed by atoms with Gasteiger partial charge < -0.3 is 4.90 Å². The third kappa shape index (κ3) is 5.07. The van der Waals surface area contributed by atoms with Crippen LogP contribution in [0.25, 0.3) is 65.7 Å². The first-order chi connectivity index (χ1) is 26.3. The number of benzene rings is 9. The van der Waals surface area contributed by atoms with Gasteiger partial charge >= 0.3 is 0 Å². The molecule has 0 N–H and O–H groups in total. The van der Waals surface area contributed by atoms with Crippen molar-refractivity contribution in [2.75, 3.05) is 4.90 Å². The van der Waals surface area contributed by atoms with E-state index < -0.39 is 0 Å². The molecule has 1 aliphatic rings. The number of rotatable bonds is 5. The van der Waals surface area contributed by atoms with E-state index in [1.54, 1.807) is 0 Å². The van der Waals surface area contributed by atoms with Crippen LogP contribution in [0.4, 0.5) is 17.1 Å². The summed E-state index contributed by atoms with van der Waals surface area (Å²) in [5, 5.41) is 7.59. The van der Waals surface area contributed by atoms with Crippen LogP contribution in [-0.4, -0.2) is 0 Å². The van der Waals surface area contributed by atoms with E-state index in [1.807, 2.05) is 0 Å². The Hall–Kier alpha value is -6.44. The summed E-state index contributed by atoms with van der Waals surface area (Å²) in [6.45, 7) is 9.06. The molecule has 1 aliphatic carbocycles. The molecule has 0 atom stereocenters. The molecular weight excluding hydrogens is 651 g/mol. The number of aryl methyl sites for hydroxylation is 2. The Morgan fingerprint density at radius 3 is 1.50 bits per heavy atom. The molecule has 0 spiro atoms. The predicted octanol–water partition coefficient (Wildman–Crippen LogP) is 14.9. The van der Waals surface area contributed by atoms with Gasteiger partial charge in [-0.05, 0) is 156 Å². The van der Waals surface area contributed by atoms with Crippen LogP contribution in [0.15, 0.2) is 176 Å². The van der Waals surface area contributed by atoms with Gasteiger partial charge in [-0.1, -0.05) is 135 Å². The first-order valence-corrected chi connectivity index (χ1v) is 19.0. The molecule has 0 fully saturated rings. The standard InChI is InChI=1S/C53H41N/c1-34-13-11-17-41(29-34)54(42-18-12-14-35(2)30-42)40-26-23-36(24-27-40)51-45-20-7-8-21-46(45)52(48-32-38-16-6-5-15-37(38)31-47(48)51)39-25-28-44-43-19-9-10-22-49(43)53(3,4)50(44)33-39/h5-33H,1-4H3. The van der Waals surface area contributed by atoms with E-state index >= 15 is 0 Å². The summed E-state index contributed by atoms with van der Waals surface area (Å²) in [4.78, 5) is 2.37. The zero-order valence-corrected chi connectivity index (χ0v) is 31.2. The molecule has 0 saturated carbocycles. The van der Waals surface area contributed by atoms with Crippen LogP contribution >= 0.6 is 0 Å². The molecular formula is C53H41N. The fourth-order valence-corrected chi connectivity index (χ4v) is 9.10. The molecule has 0 heterocycles. The zero-order chi connectivity index (χ0) is 36.6. The second kappa shape index (κ2) is 12.3. The van der Waals surface area contributed by atoms with Gasteiger partial charge in [0.05, 0.1) is 0 Å². The second-order valence-corrected chi connectivity index (χ2v) is 15.5. The van der Waals surface area contributed by atoms with Crippen molar-refractivity contribution in [3.8, 4) is 33.4 Å². The molecule has 54 heavy (non-hydrogen) atoms. The minimum atomic E-state index is -0.0767. The summed E-state index contributed by atoms with van der Waals surface area (Å²) >= 11 is 0. The van der Waals surface area contributed by atoms with Crippen molar-refractivity contribution in [3.63, 3.8) is 0 Å². The van der Waals surface area contributed by atoms with Gasteiger partial charge in [0.15, 0.2) is 0 Å². The van der Waals surface area contributed by atoms with E-state index in [0.717, 1.165) is 17.1 Å². The Morgan fingerprint density at radius 1 is 0.370 bits per heavy atom. The lowest BCUT2D eigenvalue weighted by Gasteiger charge is -2.26. The third-order valence-corrected chi connectivity index (χ3v) is 11.7. The summed E-state index contributed by atoms with van der Waals surface area (Å²) in [6.07, 6.45) is 0. The van der Waals surface area contributed by atoms with E-state index in [4.69, 9.17) is 0 Å².